The summed E-state index contributed by atoms with van der Waals surface area (Å²) in [6.45, 7) is 19.4. The van der Waals surface area contributed by atoms with Gasteiger partial charge in [-0.3, -0.25) is 24.0 Å². The average molecular weight is 625 g/mol. The third kappa shape index (κ3) is 17.6. The number of anilines is 1. The fraction of sp³-hybridized carbons (Fsp3) is 0.733. The van der Waals surface area contributed by atoms with E-state index in [1.54, 1.807) is 12.1 Å². The number of benzene rings is 1. The van der Waals surface area contributed by atoms with Crippen LogP contribution in [0, 0.1) is 5.41 Å². The van der Waals surface area contributed by atoms with E-state index in [-0.39, 0.29) is 45.9 Å². The summed E-state index contributed by atoms with van der Waals surface area (Å²) in [5.41, 5.74) is 0.194. The molecular weight excluding hydrogens is 571 g/mol. The van der Waals surface area contributed by atoms with E-state index in [1.165, 1.54) is 0 Å². The highest BCUT2D eigenvalue weighted by Gasteiger charge is 2.24. The Morgan fingerprint density at radius 2 is 1.44 bits per heavy atom. The minimum absolute atomic E-state index is 0.0939. The van der Waals surface area contributed by atoms with E-state index in [4.69, 9.17) is 9.26 Å². The second-order valence-electron chi connectivity index (χ2n) is 13.3. The maximum Gasteiger partial charge on any atom is 0.328 e. The zero-order valence-corrected chi connectivity index (χ0v) is 27.8. The molecule has 1 unspecified atom stereocenters. The molecule has 1 aliphatic rings. The monoisotopic (exact) mass is 624 g/mol. The van der Waals surface area contributed by atoms with Gasteiger partial charge < -0.3 is 25.4 Å². The van der Waals surface area contributed by atoms with Crippen LogP contribution in [0.3, 0.4) is 0 Å². The van der Waals surface area contributed by atoms with Gasteiger partial charge >= 0.3 is 20.7 Å². The van der Waals surface area contributed by atoms with Gasteiger partial charge in [0.2, 0.25) is 0 Å². The Labute approximate surface area is 259 Å². The highest BCUT2D eigenvalue weighted by atomic mass is 31.1. The molecule has 1 heterocycles. The average Bonchev–Trinajstić information content (AvgIpc) is 2.90. The van der Waals surface area contributed by atoms with Gasteiger partial charge in [-0.2, -0.15) is 0 Å². The van der Waals surface area contributed by atoms with E-state index in [2.05, 4.69) is 51.0 Å². The summed E-state index contributed by atoms with van der Waals surface area (Å²) < 4.78 is 21.8. The number of carbonyl (C=O) groups excluding carboxylic acids is 2. The van der Waals surface area contributed by atoms with Crippen molar-refractivity contribution >= 4 is 26.4 Å². The first-order valence-corrected chi connectivity index (χ1v) is 15.8. The Kier molecular flexibility index (Phi) is 16.0. The molecule has 1 fully saturated rings. The summed E-state index contributed by atoms with van der Waals surface area (Å²) in [5.74, 6) is -0.294. The van der Waals surface area contributed by atoms with Crippen molar-refractivity contribution in [3.8, 4) is 0 Å². The molecule has 0 bridgehead atoms. The van der Waals surface area contributed by atoms with Crippen LogP contribution in [0.5, 0.6) is 0 Å². The van der Waals surface area contributed by atoms with Crippen LogP contribution in [0.15, 0.2) is 30.3 Å². The quantitative estimate of drug-likeness (QED) is 0.250. The normalized spacial score (nSPS) is 18.4. The molecule has 12 nitrogen and oxygen atoms in total. The summed E-state index contributed by atoms with van der Waals surface area (Å²) in [7, 11) is -0.359. The maximum atomic E-state index is 12.7. The molecule has 2 rings (SSSR count). The predicted molar refractivity (Wildman–Crippen MR) is 169 cm³/mol. The van der Waals surface area contributed by atoms with Crippen LogP contribution in [-0.4, -0.2) is 134 Å². The van der Waals surface area contributed by atoms with Crippen molar-refractivity contribution in [2.45, 2.75) is 53.2 Å². The van der Waals surface area contributed by atoms with Crippen LogP contribution >= 0.6 is 8.69 Å². The number of hydrogen-bond acceptors (Lipinski definition) is 10. The molecule has 43 heavy (non-hydrogen) atoms. The summed E-state index contributed by atoms with van der Waals surface area (Å²) in [5, 5.41) is 16.4. The lowest BCUT2D eigenvalue weighted by molar-refractivity contribution is -0.156. The molecule has 0 spiro atoms. The van der Waals surface area contributed by atoms with Crippen molar-refractivity contribution in [2.24, 2.45) is 5.41 Å². The highest BCUT2D eigenvalue weighted by molar-refractivity contribution is 7.17. The van der Waals surface area contributed by atoms with Crippen LogP contribution in [0.2, 0.25) is 0 Å². The number of esters is 1. The number of ether oxygens (including phenoxy) is 1. The zero-order chi connectivity index (χ0) is 31.9. The Balaban J connectivity index is 2.10. The lowest BCUT2D eigenvalue weighted by Crippen LogP contribution is -2.50. The third-order valence-corrected chi connectivity index (χ3v) is 6.91. The molecule has 1 saturated heterocycles. The van der Waals surface area contributed by atoms with Crippen molar-refractivity contribution in [1.82, 2.24) is 24.9 Å². The minimum Gasteiger partial charge on any atom is -0.459 e. The second kappa shape index (κ2) is 18.6. The van der Waals surface area contributed by atoms with E-state index >= 15 is 0 Å². The van der Waals surface area contributed by atoms with Crippen molar-refractivity contribution < 1.29 is 28.5 Å². The van der Waals surface area contributed by atoms with E-state index in [0.717, 1.165) is 26.2 Å². The SMILES string of the molecule is CC(C)(C)CN1CCN(COP=O)CCN(CC(=O)OC(C)(C)C)CCN(CC(O)CNC(=O)Nc2ccccc2)CC1. The number of para-hydroxylation sites is 1. The Morgan fingerprint density at radius 1 is 0.884 bits per heavy atom. The molecule has 3 N–H and O–H groups in total. The van der Waals surface area contributed by atoms with E-state index in [9.17, 15) is 19.3 Å². The Hall–Kier alpha value is -2.18. The number of urea groups is 1. The smallest absolute Gasteiger partial charge is 0.328 e. The van der Waals surface area contributed by atoms with E-state index < -0.39 is 11.7 Å². The third-order valence-electron chi connectivity index (χ3n) is 6.69. The number of carbonyl (C=O) groups is 2. The molecule has 244 valence electrons. The topological polar surface area (TPSA) is 127 Å². The number of amides is 2. The number of nitrogens with one attached hydrogen (secondary N) is 2. The number of β-amino-alcohol motifs (C(OH)–C–C–N with tert-alkyl or cyclic N) is 1. The first-order chi connectivity index (χ1) is 20.2. The van der Waals surface area contributed by atoms with E-state index in [1.807, 2.05) is 39.0 Å². The summed E-state index contributed by atoms with van der Waals surface area (Å²) in [4.78, 5) is 33.8. The fourth-order valence-corrected chi connectivity index (χ4v) is 5.02. The van der Waals surface area contributed by atoms with Crippen LogP contribution in [0.1, 0.15) is 41.5 Å². The molecule has 0 radical (unpaired) electrons. The van der Waals surface area contributed by atoms with Gasteiger partial charge in [-0.15, -0.1) is 0 Å². The zero-order valence-electron chi connectivity index (χ0n) is 26.9. The number of hydrogen-bond donors (Lipinski definition) is 3. The Bertz CT molecular complexity index is 974. The highest BCUT2D eigenvalue weighted by Crippen LogP contribution is 2.16. The van der Waals surface area contributed by atoms with Crippen LogP contribution < -0.4 is 10.6 Å². The number of nitrogens with zero attached hydrogens (tertiary/aromatic N) is 4. The second-order valence-corrected chi connectivity index (χ2v) is 13.7. The van der Waals surface area contributed by atoms with Crippen LogP contribution in [0.25, 0.3) is 0 Å². The molecule has 1 aliphatic heterocycles. The summed E-state index contributed by atoms with van der Waals surface area (Å²) >= 11 is 0. The summed E-state index contributed by atoms with van der Waals surface area (Å²) in [6, 6.07) is 8.79. The molecule has 0 aliphatic carbocycles. The molecule has 2 amide bonds. The number of rotatable bonds is 11. The first kappa shape index (κ1) is 37.0. The molecule has 0 saturated carbocycles. The minimum atomic E-state index is -0.774. The van der Waals surface area contributed by atoms with Crippen molar-refractivity contribution in [1.29, 1.82) is 0 Å². The predicted octanol–water partition coefficient (Wildman–Crippen LogP) is 2.96. The van der Waals surface area contributed by atoms with Gasteiger partial charge in [-0.1, -0.05) is 39.0 Å². The van der Waals surface area contributed by atoms with Gasteiger partial charge in [0.1, 0.15) is 12.3 Å². The van der Waals surface area contributed by atoms with Gasteiger partial charge in [-0.25, -0.2) is 9.36 Å². The number of aliphatic hydroxyl groups is 1. The van der Waals surface area contributed by atoms with Gasteiger partial charge in [0.25, 0.3) is 0 Å². The fourth-order valence-electron chi connectivity index (χ4n) is 4.81. The standard InChI is InChI=1S/C30H53N6O6P/c1-29(2,3)23-35-16-14-33(21-26(37)20-31-28(39)32-25-10-8-7-9-11-25)12-13-34(22-27(38)42-30(4,5)6)15-18-36(19-17-35)24-41-43-40/h7-11,26,37H,12-24H2,1-6H3,(H2,31,32,39). The number of aliphatic hydroxyl groups excluding tert-OH is 1. The lowest BCUT2D eigenvalue weighted by atomic mass is 9.96. The molecule has 1 aromatic carbocycles. The van der Waals surface area contributed by atoms with Gasteiger partial charge in [0, 0.05) is 77.7 Å². The van der Waals surface area contributed by atoms with Crippen molar-refractivity contribution in [3.63, 3.8) is 0 Å². The first-order valence-electron chi connectivity index (χ1n) is 15.1. The van der Waals surface area contributed by atoms with Gasteiger partial charge in [-0.05, 0) is 38.3 Å². The lowest BCUT2D eigenvalue weighted by Gasteiger charge is -2.36. The molecular formula is C30H53N6O6P. The maximum absolute atomic E-state index is 12.7. The van der Waals surface area contributed by atoms with Crippen molar-refractivity contribution in [3.05, 3.63) is 30.3 Å². The van der Waals surface area contributed by atoms with Gasteiger partial charge in [0.15, 0.2) is 0 Å². The molecule has 0 aromatic heterocycles. The van der Waals surface area contributed by atoms with E-state index in [0.29, 0.717) is 45.0 Å². The summed E-state index contributed by atoms with van der Waals surface area (Å²) in [6.07, 6.45) is -0.774. The molecule has 13 heteroatoms. The van der Waals surface area contributed by atoms with Gasteiger partial charge in [0.05, 0.1) is 12.6 Å². The van der Waals surface area contributed by atoms with Crippen LogP contribution in [0.4, 0.5) is 10.5 Å². The van der Waals surface area contributed by atoms with Crippen LogP contribution in [-0.2, 0) is 18.6 Å². The molecule has 1 aromatic rings. The van der Waals surface area contributed by atoms with Crippen molar-refractivity contribution in [2.75, 3.05) is 90.6 Å². The molecule has 1 atom stereocenters. The Morgan fingerprint density at radius 3 is 2.00 bits per heavy atom. The largest absolute Gasteiger partial charge is 0.459 e.